The van der Waals surface area contributed by atoms with Gasteiger partial charge in [-0.1, -0.05) is 0 Å². The number of alkyl halides is 1. The summed E-state index contributed by atoms with van der Waals surface area (Å²) in [4.78, 5) is 0. The lowest BCUT2D eigenvalue weighted by molar-refractivity contribution is 0.0412. The summed E-state index contributed by atoms with van der Waals surface area (Å²) in [6.45, 7) is 0.0453. The molecular weight excluding hydrogens is 171 g/mol. The molecule has 0 amide bonds. The molecule has 0 radical (unpaired) electrons. The molecule has 13 heavy (non-hydrogen) atoms. The molecule has 1 heterocycles. The van der Waals surface area contributed by atoms with E-state index in [9.17, 15) is 4.39 Å². The Hall–Kier alpha value is -0.830. The Labute approximate surface area is 76.7 Å². The van der Waals surface area contributed by atoms with Crippen LogP contribution >= 0.6 is 0 Å². The van der Waals surface area contributed by atoms with Crippen LogP contribution in [0.15, 0.2) is 23.5 Å². The van der Waals surface area contributed by atoms with Crippen LogP contribution in [0, 0.1) is 0 Å². The highest BCUT2D eigenvalue weighted by Gasteiger charge is 2.24. The molecule has 2 nitrogen and oxygen atoms in total. The average molecular weight is 184 g/mol. The molecular formula is C10H13FO2. The number of aliphatic hydroxyl groups excluding tert-OH is 1. The Kier molecular flexibility index (Phi) is 2.36. The second-order valence-corrected chi connectivity index (χ2v) is 3.47. The largest absolute Gasteiger partial charge is 0.488 e. The summed E-state index contributed by atoms with van der Waals surface area (Å²) in [6.07, 6.45) is 4.46. The van der Waals surface area contributed by atoms with Crippen LogP contribution in [-0.4, -0.2) is 24.0 Å². The van der Waals surface area contributed by atoms with E-state index < -0.39 is 6.17 Å². The highest BCUT2D eigenvalue weighted by molar-refractivity contribution is 5.32. The SMILES string of the molecule is OCC1CCC2=CC(F)CC=C2O1. The summed E-state index contributed by atoms with van der Waals surface area (Å²) in [5.74, 6) is 0.777. The second kappa shape index (κ2) is 3.50. The molecule has 1 aliphatic heterocycles. The van der Waals surface area contributed by atoms with E-state index in [4.69, 9.17) is 9.84 Å². The molecule has 1 aliphatic carbocycles. The lowest BCUT2D eigenvalue weighted by Gasteiger charge is -2.29. The van der Waals surface area contributed by atoms with Gasteiger partial charge in [0, 0.05) is 6.42 Å². The third-order valence-corrected chi connectivity index (χ3v) is 2.46. The van der Waals surface area contributed by atoms with Crippen molar-refractivity contribution in [1.82, 2.24) is 0 Å². The van der Waals surface area contributed by atoms with Gasteiger partial charge in [-0.3, -0.25) is 0 Å². The van der Waals surface area contributed by atoms with Gasteiger partial charge in [0.1, 0.15) is 18.0 Å². The van der Waals surface area contributed by atoms with E-state index in [0.29, 0.717) is 6.42 Å². The zero-order valence-corrected chi connectivity index (χ0v) is 7.37. The van der Waals surface area contributed by atoms with Crippen LogP contribution in [-0.2, 0) is 4.74 Å². The number of allylic oxidation sites excluding steroid dienone is 3. The smallest absolute Gasteiger partial charge is 0.123 e. The molecule has 0 aromatic carbocycles. The van der Waals surface area contributed by atoms with Crippen molar-refractivity contribution < 1.29 is 14.2 Å². The minimum Gasteiger partial charge on any atom is -0.488 e. The van der Waals surface area contributed by atoms with Gasteiger partial charge in [-0.15, -0.1) is 0 Å². The summed E-state index contributed by atoms with van der Waals surface area (Å²) >= 11 is 0. The van der Waals surface area contributed by atoms with Gasteiger partial charge in [0.2, 0.25) is 0 Å². The number of hydrogen-bond donors (Lipinski definition) is 1. The summed E-state index contributed by atoms with van der Waals surface area (Å²) in [5.41, 5.74) is 0.962. The van der Waals surface area contributed by atoms with Crippen LogP contribution in [0.3, 0.4) is 0 Å². The van der Waals surface area contributed by atoms with Gasteiger partial charge in [0.05, 0.1) is 6.61 Å². The minimum atomic E-state index is -0.854. The van der Waals surface area contributed by atoms with Gasteiger partial charge >= 0.3 is 0 Å². The molecule has 1 saturated heterocycles. The summed E-state index contributed by atoms with van der Waals surface area (Å²) < 4.78 is 18.4. The van der Waals surface area contributed by atoms with Crippen molar-refractivity contribution in [2.75, 3.05) is 6.61 Å². The van der Waals surface area contributed by atoms with Gasteiger partial charge < -0.3 is 9.84 Å². The summed E-state index contributed by atoms with van der Waals surface area (Å²) in [6, 6.07) is 0. The maximum atomic E-state index is 12.9. The molecule has 0 saturated carbocycles. The lowest BCUT2D eigenvalue weighted by Crippen LogP contribution is -2.24. The number of rotatable bonds is 1. The maximum Gasteiger partial charge on any atom is 0.123 e. The Balaban J connectivity index is 2.10. The first-order chi connectivity index (χ1) is 6.29. The third-order valence-electron chi connectivity index (χ3n) is 2.46. The van der Waals surface area contributed by atoms with Crippen molar-refractivity contribution in [1.29, 1.82) is 0 Å². The van der Waals surface area contributed by atoms with E-state index in [1.54, 1.807) is 12.2 Å². The van der Waals surface area contributed by atoms with Crippen LogP contribution in [0.1, 0.15) is 19.3 Å². The average Bonchev–Trinajstić information content (AvgIpc) is 2.17. The first-order valence-electron chi connectivity index (χ1n) is 4.62. The van der Waals surface area contributed by atoms with Gasteiger partial charge in [-0.25, -0.2) is 4.39 Å². The molecule has 2 rings (SSSR count). The van der Waals surface area contributed by atoms with Crippen molar-refractivity contribution in [2.24, 2.45) is 0 Å². The zero-order valence-electron chi connectivity index (χ0n) is 7.37. The van der Waals surface area contributed by atoms with E-state index in [1.807, 2.05) is 0 Å². The Morgan fingerprint density at radius 2 is 2.46 bits per heavy atom. The molecule has 0 aromatic heterocycles. The van der Waals surface area contributed by atoms with Crippen molar-refractivity contribution in [2.45, 2.75) is 31.5 Å². The molecule has 2 unspecified atom stereocenters. The van der Waals surface area contributed by atoms with Crippen molar-refractivity contribution in [3.63, 3.8) is 0 Å². The van der Waals surface area contributed by atoms with Crippen LogP contribution in [0.4, 0.5) is 4.39 Å². The molecule has 1 N–H and O–H groups in total. The Morgan fingerprint density at radius 1 is 1.62 bits per heavy atom. The lowest BCUT2D eigenvalue weighted by atomic mass is 9.95. The number of ether oxygens (including phenoxy) is 1. The number of fused-ring (bicyclic) bond motifs is 1. The first kappa shape index (κ1) is 8.75. The molecule has 3 heteroatoms. The number of aliphatic hydroxyl groups is 1. The maximum absolute atomic E-state index is 12.9. The highest BCUT2D eigenvalue weighted by atomic mass is 19.1. The van der Waals surface area contributed by atoms with Crippen molar-refractivity contribution >= 4 is 0 Å². The van der Waals surface area contributed by atoms with Gasteiger partial charge in [0.25, 0.3) is 0 Å². The molecule has 0 aromatic rings. The fourth-order valence-electron chi connectivity index (χ4n) is 1.73. The normalized spacial score (nSPS) is 32.8. The van der Waals surface area contributed by atoms with Gasteiger partial charge in [0.15, 0.2) is 0 Å². The first-order valence-corrected chi connectivity index (χ1v) is 4.62. The number of halogens is 1. The summed E-state index contributed by atoms with van der Waals surface area (Å²) in [7, 11) is 0. The Morgan fingerprint density at radius 3 is 3.23 bits per heavy atom. The van der Waals surface area contributed by atoms with E-state index in [0.717, 1.165) is 24.2 Å². The fraction of sp³-hybridized carbons (Fsp3) is 0.600. The zero-order chi connectivity index (χ0) is 9.26. The van der Waals surface area contributed by atoms with Crippen LogP contribution in [0.5, 0.6) is 0 Å². The van der Waals surface area contributed by atoms with Gasteiger partial charge in [-0.05, 0) is 30.6 Å². The Bertz CT molecular complexity index is 258. The van der Waals surface area contributed by atoms with E-state index in [2.05, 4.69) is 0 Å². The van der Waals surface area contributed by atoms with Crippen molar-refractivity contribution in [3.8, 4) is 0 Å². The molecule has 1 fully saturated rings. The monoisotopic (exact) mass is 184 g/mol. The van der Waals surface area contributed by atoms with Crippen LogP contribution < -0.4 is 0 Å². The van der Waals surface area contributed by atoms with E-state index in [-0.39, 0.29) is 12.7 Å². The van der Waals surface area contributed by atoms with Crippen LogP contribution in [0.25, 0.3) is 0 Å². The van der Waals surface area contributed by atoms with Gasteiger partial charge in [-0.2, -0.15) is 0 Å². The molecule has 72 valence electrons. The highest BCUT2D eigenvalue weighted by Crippen LogP contribution is 2.31. The summed E-state index contributed by atoms with van der Waals surface area (Å²) in [5, 5.41) is 8.89. The fourth-order valence-corrected chi connectivity index (χ4v) is 1.73. The third kappa shape index (κ3) is 1.75. The minimum absolute atomic E-state index is 0.0453. The van der Waals surface area contributed by atoms with E-state index in [1.165, 1.54) is 0 Å². The standard InChI is InChI=1S/C10H13FO2/c11-8-2-4-10-7(5-8)1-3-9(6-12)13-10/h4-5,8-9,12H,1-3,6H2. The quantitative estimate of drug-likeness (QED) is 0.672. The predicted molar refractivity (Wildman–Crippen MR) is 46.9 cm³/mol. The predicted octanol–water partition coefficient (Wildman–Crippen LogP) is 1.71. The number of hydrogen-bond acceptors (Lipinski definition) is 2. The molecule has 0 bridgehead atoms. The van der Waals surface area contributed by atoms with Crippen molar-refractivity contribution in [3.05, 3.63) is 23.5 Å². The van der Waals surface area contributed by atoms with E-state index >= 15 is 0 Å². The molecule has 2 atom stereocenters. The molecule has 0 spiro atoms. The molecule has 2 aliphatic rings. The van der Waals surface area contributed by atoms with Crippen LogP contribution in [0.2, 0.25) is 0 Å². The topological polar surface area (TPSA) is 29.5 Å². The second-order valence-electron chi connectivity index (χ2n) is 3.47.